The smallest absolute Gasteiger partial charge is 0.328 e. The van der Waals surface area contributed by atoms with Gasteiger partial charge in [0.1, 0.15) is 5.75 Å². The van der Waals surface area contributed by atoms with Gasteiger partial charge in [-0.15, -0.1) is 0 Å². The van der Waals surface area contributed by atoms with Crippen molar-refractivity contribution < 1.29 is 19.1 Å². The van der Waals surface area contributed by atoms with Gasteiger partial charge in [0.15, 0.2) is 0 Å². The summed E-state index contributed by atoms with van der Waals surface area (Å²) >= 11 is 6.03. The standard InChI is InChI=1S/C25H31ClN4O4/c1-5-14-34-22-12-10-21(11-13-22)28-24-27-16-30(18(3)17(2)23(31)33-4)25(32)29(24)15-19-6-8-20(26)9-7-19/h6-13,17-18H,5,14-16H2,1-4H3,(H,27,28)/t17-,18+/m1/s1. The third kappa shape index (κ3) is 6.20. The van der Waals surface area contributed by atoms with E-state index in [0.717, 1.165) is 17.7 Å². The summed E-state index contributed by atoms with van der Waals surface area (Å²) in [5, 5.41) is 3.86. The predicted octanol–water partition coefficient (Wildman–Crippen LogP) is 4.80. The van der Waals surface area contributed by atoms with Crippen molar-refractivity contribution in [1.82, 2.24) is 15.1 Å². The quantitative estimate of drug-likeness (QED) is 0.515. The van der Waals surface area contributed by atoms with Crippen molar-refractivity contribution in [1.29, 1.82) is 0 Å². The Morgan fingerprint density at radius 2 is 1.82 bits per heavy atom. The van der Waals surface area contributed by atoms with Gasteiger partial charge >= 0.3 is 12.0 Å². The number of nitrogens with zero attached hydrogens (tertiary/aromatic N) is 3. The minimum atomic E-state index is -0.484. The minimum absolute atomic E-state index is 0.217. The molecule has 34 heavy (non-hydrogen) atoms. The number of hydrogen-bond donors (Lipinski definition) is 1. The van der Waals surface area contributed by atoms with Gasteiger partial charge in [0.25, 0.3) is 0 Å². The molecule has 3 rings (SSSR count). The summed E-state index contributed by atoms with van der Waals surface area (Å²) in [5.74, 6) is 0.348. The summed E-state index contributed by atoms with van der Waals surface area (Å²) in [6.45, 7) is 6.79. The Kier molecular flexibility index (Phi) is 8.76. The molecule has 0 unspecified atom stereocenters. The second kappa shape index (κ2) is 11.7. The number of carbonyl (C=O) groups is 2. The highest BCUT2D eigenvalue weighted by atomic mass is 35.5. The van der Waals surface area contributed by atoms with E-state index in [0.29, 0.717) is 23.3 Å². The van der Waals surface area contributed by atoms with Crippen LogP contribution in [0.25, 0.3) is 0 Å². The van der Waals surface area contributed by atoms with Gasteiger partial charge in [-0.05, 0) is 62.2 Å². The second-order valence-electron chi connectivity index (χ2n) is 8.13. The van der Waals surface area contributed by atoms with Crippen molar-refractivity contribution in [2.75, 3.05) is 20.4 Å². The van der Waals surface area contributed by atoms with Crippen molar-refractivity contribution in [2.45, 2.75) is 39.8 Å². The lowest BCUT2D eigenvalue weighted by molar-refractivity contribution is -0.146. The van der Waals surface area contributed by atoms with Crippen LogP contribution in [0.3, 0.4) is 0 Å². The number of esters is 1. The summed E-state index contributed by atoms with van der Waals surface area (Å²) in [5.41, 5.74) is 1.58. The molecule has 1 aliphatic heterocycles. The largest absolute Gasteiger partial charge is 0.494 e. The molecule has 2 aromatic rings. The number of aliphatic imine (C=N–C) groups is 1. The van der Waals surface area contributed by atoms with Gasteiger partial charge in [-0.1, -0.05) is 30.7 Å². The zero-order chi connectivity index (χ0) is 24.7. The van der Waals surface area contributed by atoms with E-state index < -0.39 is 5.92 Å². The average molecular weight is 487 g/mol. The first-order valence-electron chi connectivity index (χ1n) is 11.3. The van der Waals surface area contributed by atoms with E-state index in [-0.39, 0.29) is 31.3 Å². The van der Waals surface area contributed by atoms with Crippen LogP contribution < -0.4 is 10.1 Å². The highest BCUT2D eigenvalue weighted by molar-refractivity contribution is 6.30. The van der Waals surface area contributed by atoms with Crippen LogP contribution in [0.2, 0.25) is 5.02 Å². The van der Waals surface area contributed by atoms with Crippen LogP contribution in [-0.2, 0) is 16.1 Å². The van der Waals surface area contributed by atoms with Gasteiger partial charge in [-0.25, -0.2) is 9.79 Å². The lowest BCUT2D eigenvalue weighted by Gasteiger charge is -2.41. The number of carbonyl (C=O) groups excluding carboxylic acids is 2. The van der Waals surface area contributed by atoms with Crippen molar-refractivity contribution >= 4 is 35.2 Å². The molecule has 0 saturated carbocycles. The Labute approximate surface area is 205 Å². The number of methoxy groups -OCH3 is 1. The van der Waals surface area contributed by atoms with E-state index in [1.165, 1.54) is 7.11 Å². The second-order valence-corrected chi connectivity index (χ2v) is 8.57. The Morgan fingerprint density at radius 1 is 1.15 bits per heavy atom. The fraction of sp³-hybridized carbons (Fsp3) is 0.400. The fourth-order valence-electron chi connectivity index (χ4n) is 3.51. The Hall–Kier alpha value is -3.26. The topological polar surface area (TPSA) is 83.5 Å². The molecule has 1 heterocycles. The fourth-order valence-corrected chi connectivity index (χ4v) is 3.64. The SMILES string of the molecule is CCCOc1ccc(/N=C2\NCN([C@@H](C)[C@@H](C)C(=O)OC)C(=O)N2Cc2ccc(Cl)cc2)cc1. The first kappa shape index (κ1) is 25.4. The number of hydrogen-bond acceptors (Lipinski definition) is 5. The third-order valence-corrected chi connectivity index (χ3v) is 5.98. The highest BCUT2D eigenvalue weighted by Gasteiger charge is 2.37. The molecular formula is C25H31ClN4O4. The van der Waals surface area contributed by atoms with Crippen LogP contribution >= 0.6 is 11.6 Å². The maximum absolute atomic E-state index is 13.6. The molecule has 1 N–H and O–H groups in total. The molecule has 1 saturated heterocycles. The number of guanidine groups is 1. The number of nitrogens with one attached hydrogen (secondary N) is 1. The molecule has 0 bridgehead atoms. The lowest BCUT2D eigenvalue weighted by atomic mass is 10.0. The summed E-state index contributed by atoms with van der Waals surface area (Å²) in [4.78, 5) is 33.5. The number of amides is 2. The van der Waals surface area contributed by atoms with Gasteiger partial charge in [0, 0.05) is 11.1 Å². The Balaban J connectivity index is 1.87. The van der Waals surface area contributed by atoms with Crippen molar-refractivity contribution in [3.8, 4) is 5.75 Å². The molecule has 182 valence electrons. The van der Waals surface area contributed by atoms with Crippen LogP contribution in [-0.4, -0.2) is 54.2 Å². The van der Waals surface area contributed by atoms with Crippen LogP contribution in [0.1, 0.15) is 32.8 Å². The van der Waals surface area contributed by atoms with Gasteiger partial charge in [0.05, 0.1) is 38.5 Å². The Morgan fingerprint density at radius 3 is 2.44 bits per heavy atom. The number of ether oxygens (including phenoxy) is 2. The molecule has 0 radical (unpaired) electrons. The number of rotatable bonds is 9. The molecule has 2 amide bonds. The molecule has 2 aromatic carbocycles. The van der Waals surface area contributed by atoms with Gasteiger partial charge in [-0.2, -0.15) is 0 Å². The summed E-state index contributed by atoms with van der Waals surface area (Å²) in [6.07, 6.45) is 0.930. The molecule has 8 nitrogen and oxygen atoms in total. The van der Waals surface area contributed by atoms with E-state index in [1.54, 1.807) is 28.9 Å². The van der Waals surface area contributed by atoms with Crippen LogP contribution in [0.5, 0.6) is 5.75 Å². The number of benzene rings is 2. The highest BCUT2D eigenvalue weighted by Crippen LogP contribution is 2.23. The minimum Gasteiger partial charge on any atom is -0.494 e. The normalized spacial score (nSPS) is 16.7. The van der Waals surface area contributed by atoms with E-state index >= 15 is 0 Å². The predicted molar refractivity (Wildman–Crippen MR) is 132 cm³/mol. The maximum Gasteiger partial charge on any atom is 0.328 e. The van der Waals surface area contributed by atoms with Crippen molar-refractivity contribution in [3.05, 3.63) is 59.1 Å². The molecule has 1 aliphatic rings. The zero-order valence-corrected chi connectivity index (χ0v) is 20.7. The van der Waals surface area contributed by atoms with E-state index in [2.05, 4.69) is 17.2 Å². The van der Waals surface area contributed by atoms with Crippen molar-refractivity contribution in [2.24, 2.45) is 10.9 Å². The van der Waals surface area contributed by atoms with Crippen molar-refractivity contribution in [3.63, 3.8) is 0 Å². The third-order valence-electron chi connectivity index (χ3n) is 5.73. The summed E-state index contributed by atoms with van der Waals surface area (Å²) in [6, 6.07) is 14.1. The molecule has 9 heteroatoms. The van der Waals surface area contributed by atoms with Crippen LogP contribution in [0, 0.1) is 5.92 Å². The van der Waals surface area contributed by atoms with Crippen LogP contribution in [0.15, 0.2) is 53.5 Å². The average Bonchev–Trinajstić information content (AvgIpc) is 2.85. The monoisotopic (exact) mass is 486 g/mol. The zero-order valence-electron chi connectivity index (χ0n) is 20.0. The number of urea groups is 1. The number of halogens is 1. The van der Waals surface area contributed by atoms with E-state index in [4.69, 9.17) is 21.1 Å². The van der Waals surface area contributed by atoms with Crippen LogP contribution in [0.4, 0.5) is 10.5 Å². The molecule has 1 fully saturated rings. The molecule has 0 aromatic heterocycles. The molecule has 0 spiro atoms. The summed E-state index contributed by atoms with van der Waals surface area (Å²) < 4.78 is 10.5. The molecular weight excluding hydrogens is 456 g/mol. The first-order chi connectivity index (χ1) is 16.3. The Bertz CT molecular complexity index is 1010. The van der Waals surface area contributed by atoms with E-state index in [9.17, 15) is 9.59 Å². The van der Waals surface area contributed by atoms with E-state index in [1.807, 2.05) is 43.3 Å². The first-order valence-corrected chi connectivity index (χ1v) is 11.7. The van der Waals surface area contributed by atoms with Gasteiger partial charge in [-0.3, -0.25) is 9.69 Å². The summed E-state index contributed by atoms with van der Waals surface area (Å²) in [7, 11) is 1.35. The molecule has 0 aliphatic carbocycles. The molecule has 2 atom stereocenters. The lowest BCUT2D eigenvalue weighted by Crippen LogP contribution is -2.62. The van der Waals surface area contributed by atoms with Gasteiger partial charge in [0.2, 0.25) is 5.96 Å². The maximum atomic E-state index is 13.6. The van der Waals surface area contributed by atoms with Gasteiger partial charge < -0.3 is 19.7 Å².